The van der Waals surface area contributed by atoms with Gasteiger partial charge in [0.1, 0.15) is 17.4 Å². The number of hydrogen-bond acceptors (Lipinski definition) is 3. The van der Waals surface area contributed by atoms with Crippen molar-refractivity contribution in [2.75, 3.05) is 11.5 Å². The molecule has 22 heavy (non-hydrogen) atoms. The van der Waals surface area contributed by atoms with Gasteiger partial charge >= 0.3 is 0 Å². The molecule has 1 unspecified atom stereocenters. The molecule has 4 nitrogen and oxygen atoms in total. The molecule has 1 atom stereocenters. The molecule has 2 rings (SSSR count). The Kier molecular flexibility index (Phi) is 5.16. The smallest absolute Gasteiger partial charge is 0.235 e. The highest BCUT2D eigenvalue weighted by atomic mass is 32.2. The lowest BCUT2D eigenvalue weighted by Gasteiger charge is -2.19. The summed E-state index contributed by atoms with van der Waals surface area (Å²) in [7, 11) is -3.46. The number of nitrogens with one attached hydrogen (secondary N) is 1. The van der Waals surface area contributed by atoms with Crippen LogP contribution >= 0.6 is 0 Å². The van der Waals surface area contributed by atoms with Crippen LogP contribution in [0.2, 0.25) is 0 Å². The largest absolute Gasteiger partial charge is 0.348 e. The van der Waals surface area contributed by atoms with E-state index >= 15 is 0 Å². The summed E-state index contributed by atoms with van der Waals surface area (Å²) in [6.07, 6.45) is 2.02. The lowest BCUT2D eigenvalue weighted by molar-refractivity contribution is -0.119. The van der Waals surface area contributed by atoms with E-state index in [1.165, 1.54) is 0 Å². The SMILES string of the molecule is CCCS(=O)(=O)CC(=O)NC(c1cc(F)ccc1F)C1CC1. The molecular weight excluding hydrogens is 312 g/mol. The van der Waals surface area contributed by atoms with Crippen LogP contribution in [0.5, 0.6) is 0 Å². The zero-order valence-corrected chi connectivity index (χ0v) is 13.1. The highest BCUT2D eigenvalue weighted by molar-refractivity contribution is 7.92. The minimum atomic E-state index is -3.46. The van der Waals surface area contributed by atoms with E-state index in [1.54, 1.807) is 6.92 Å². The third kappa shape index (κ3) is 4.50. The van der Waals surface area contributed by atoms with E-state index in [0.717, 1.165) is 31.0 Å². The fourth-order valence-electron chi connectivity index (χ4n) is 2.43. The summed E-state index contributed by atoms with van der Waals surface area (Å²) < 4.78 is 50.5. The average Bonchev–Trinajstić information content (AvgIpc) is 3.22. The molecule has 0 heterocycles. The van der Waals surface area contributed by atoms with Crippen LogP contribution in [0.15, 0.2) is 18.2 Å². The molecule has 1 saturated carbocycles. The van der Waals surface area contributed by atoms with Crippen molar-refractivity contribution in [1.29, 1.82) is 0 Å². The third-order valence-corrected chi connectivity index (χ3v) is 5.30. The third-order valence-electron chi connectivity index (χ3n) is 3.57. The van der Waals surface area contributed by atoms with Crippen LogP contribution in [0.25, 0.3) is 0 Å². The molecule has 1 aliphatic carbocycles. The van der Waals surface area contributed by atoms with Gasteiger partial charge in [0.15, 0.2) is 9.84 Å². The van der Waals surface area contributed by atoms with Gasteiger partial charge in [0.2, 0.25) is 5.91 Å². The Hall–Kier alpha value is -1.50. The van der Waals surface area contributed by atoms with Crippen LogP contribution in [0, 0.1) is 17.6 Å². The van der Waals surface area contributed by atoms with Crippen LogP contribution in [-0.2, 0) is 14.6 Å². The molecule has 1 aliphatic rings. The molecule has 0 aromatic heterocycles. The van der Waals surface area contributed by atoms with Gasteiger partial charge < -0.3 is 5.32 Å². The van der Waals surface area contributed by atoms with E-state index in [1.807, 2.05) is 0 Å². The molecule has 1 aromatic carbocycles. The van der Waals surface area contributed by atoms with Crippen LogP contribution in [-0.4, -0.2) is 25.8 Å². The van der Waals surface area contributed by atoms with Gasteiger partial charge in [0.25, 0.3) is 0 Å². The van der Waals surface area contributed by atoms with E-state index in [0.29, 0.717) is 6.42 Å². The van der Waals surface area contributed by atoms with Crippen molar-refractivity contribution in [1.82, 2.24) is 5.32 Å². The predicted octanol–water partition coefficient (Wildman–Crippen LogP) is 2.36. The quantitative estimate of drug-likeness (QED) is 0.834. The highest BCUT2D eigenvalue weighted by Crippen LogP contribution is 2.41. The van der Waals surface area contributed by atoms with Gasteiger partial charge in [-0.1, -0.05) is 6.92 Å². The summed E-state index contributed by atoms with van der Waals surface area (Å²) >= 11 is 0. The number of sulfone groups is 1. The first kappa shape index (κ1) is 16.9. The standard InChI is InChI=1S/C15H19F2NO3S/c1-2-7-22(20,21)9-14(19)18-15(10-3-4-10)12-8-11(16)5-6-13(12)17/h5-6,8,10,15H,2-4,7,9H2,1H3,(H,18,19). The Labute approximate surface area is 128 Å². The Balaban J connectivity index is 2.13. The van der Waals surface area contributed by atoms with Gasteiger partial charge in [0.05, 0.1) is 11.8 Å². The average molecular weight is 331 g/mol. The van der Waals surface area contributed by atoms with E-state index in [4.69, 9.17) is 0 Å². The molecule has 122 valence electrons. The number of hydrogen-bond donors (Lipinski definition) is 1. The number of benzene rings is 1. The zero-order chi connectivity index (χ0) is 16.3. The second-order valence-electron chi connectivity index (χ2n) is 5.64. The monoisotopic (exact) mass is 331 g/mol. The molecule has 0 spiro atoms. The summed E-state index contributed by atoms with van der Waals surface area (Å²) in [5.74, 6) is -2.53. The number of carbonyl (C=O) groups is 1. The minimum absolute atomic E-state index is 0.0223. The fraction of sp³-hybridized carbons (Fsp3) is 0.533. The van der Waals surface area contributed by atoms with Gasteiger partial charge in [-0.2, -0.15) is 0 Å². The first-order chi connectivity index (χ1) is 10.3. The van der Waals surface area contributed by atoms with Crippen molar-refractivity contribution >= 4 is 15.7 Å². The molecule has 1 fully saturated rings. The molecule has 0 radical (unpaired) electrons. The van der Waals surface area contributed by atoms with Gasteiger partial charge in [-0.3, -0.25) is 4.79 Å². The van der Waals surface area contributed by atoms with Crippen LogP contribution in [0.3, 0.4) is 0 Å². The first-order valence-corrected chi connectivity index (χ1v) is 9.09. The maximum atomic E-state index is 13.9. The van der Waals surface area contributed by atoms with E-state index in [-0.39, 0.29) is 17.2 Å². The molecule has 0 aliphatic heterocycles. The predicted molar refractivity (Wildman–Crippen MR) is 78.9 cm³/mol. The van der Waals surface area contributed by atoms with Crippen LogP contribution in [0.4, 0.5) is 8.78 Å². The summed E-state index contributed by atoms with van der Waals surface area (Å²) in [4.78, 5) is 11.9. The van der Waals surface area contributed by atoms with Gasteiger partial charge in [-0.05, 0) is 43.4 Å². The van der Waals surface area contributed by atoms with Gasteiger partial charge in [-0.15, -0.1) is 0 Å². The number of rotatable bonds is 7. The van der Waals surface area contributed by atoms with Gasteiger partial charge in [0, 0.05) is 5.56 Å². The number of carbonyl (C=O) groups excluding carboxylic acids is 1. The second kappa shape index (κ2) is 6.73. The lowest BCUT2D eigenvalue weighted by atomic mass is 10.0. The topological polar surface area (TPSA) is 63.2 Å². The van der Waals surface area contributed by atoms with E-state index < -0.39 is 39.2 Å². The highest BCUT2D eigenvalue weighted by Gasteiger charge is 2.35. The molecular formula is C15H19F2NO3S. The molecule has 0 bridgehead atoms. The van der Waals surface area contributed by atoms with E-state index in [9.17, 15) is 22.0 Å². The molecule has 1 aromatic rings. The van der Waals surface area contributed by atoms with Crippen molar-refractivity contribution < 1.29 is 22.0 Å². The van der Waals surface area contributed by atoms with Crippen molar-refractivity contribution in [3.05, 3.63) is 35.4 Å². The van der Waals surface area contributed by atoms with Crippen molar-refractivity contribution in [2.24, 2.45) is 5.92 Å². The first-order valence-electron chi connectivity index (χ1n) is 7.27. The number of halogens is 2. The molecule has 1 N–H and O–H groups in total. The zero-order valence-electron chi connectivity index (χ0n) is 12.3. The van der Waals surface area contributed by atoms with Crippen molar-refractivity contribution in [2.45, 2.75) is 32.2 Å². The van der Waals surface area contributed by atoms with Crippen molar-refractivity contribution in [3.8, 4) is 0 Å². The summed E-state index contributed by atoms with van der Waals surface area (Å²) in [6, 6.07) is 2.40. The van der Waals surface area contributed by atoms with Crippen molar-refractivity contribution in [3.63, 3.8) is 0 Å². The molecule has 0 saturated heterocycles. The lowest BCUT2D eigenvalue weighted by Crippen LogP contribution is -2.35. The Morgan fingerprint density at radius 3 is 2.64 bits per heavy atom. The van der Waals surface area contributed by atoms with Crippen LogP contribution < -0.4 is 5.32 Å². The van der Waals surface area contributed by atoms with E-state index in [2.05, 4.69) is 5.32 Å². The normalized spacial score (nSPS) is 16.3. The number of amides is 1. The van der Waals surface area contributed by atoms with Crippen LogP contribution in [0.1, 0.15) is 37.8 Å². The second-order valence-corrected chi connectivity index (χ2v) is 7.82. The fourth-order valence-corrected chi connectivity index (χ4v) is 3.68. The van der Waals surface area contributed by atoms with Gasteiger partial charge in [-0.25, -0.2) is 17.2 Å². The molecule has 7 heteroatoms. The summed E-state index contributed by atoms with van der Waals surface area (Å²) in [5, 5.41) is 2.55. The summed E-state index contributed by atoms with van der Waals surface area (Å²) in [6.45, 7) is 1.71. The Bertz CT molecular complexity index is 657. The Morgan fingerprint density at radius 2 is 2.05 bits per heavy atom. The maximum absolute atomic E-state index is 13.9. The molecule has 1 amide bonds. The maximum Gasteiger partial charge on any atom is 0.235 e. The Morgan fingerprint density at radius 1 is 1.36 bits per heavy atom. The summed E-state index contributed by atoms with van der Waals surface area (Å²) in [5.41, 5.74) is 0.0729. The minimum Gasteiger partial charge on any atom is -0.348 e.